The lowest BCUT2D eigenvalue weighted by atomic mass is 9.87. The Morgan fingerprint density at radius 2 is 1.70 bits per heavy atom. The van der Waals surface area contributed by atoms with Crippen molar-refractivity contribution in [3.8, 4) is 23.0 Å². The molecule has 0 spiro atoms. The molecule has 2 aromatic carbocycles. The Kier molecular flexibility index (Phi) is 7.64. The molecule has 3 aliphatic rings. The van der Waals surface area contributed by atoms with Crippen molar-refractivity contribution in [2.45, 2.75) is 61.0 Å². The largest absolute Gasteiger partial charge is 0.508 e. The molecule has 5 rings (SSSR count). The number of aromatic hydroxyl groups is 3. The molecule has 0 bridgehead atoms. The van der Waals surface area contributed by atoms with Crippen LogP contribution < -0.4 is 4.74 Å². The van der Waals surface area contributed by atoms with Gasteiger partial charge in [0.05, 0.1) is 31.8 Å². The van der Waals surface area contributed by atoms with Crippen molar-refractivity contribution in [3.05, 3.63) is 47.0 Å². The van der Waals surface area contributed by atoms with Crippen molar-refractivity contribution in [1.82, 2.24) is 0 Å². The Morgan fingerprint density at radius 3 is 2.35 bits per heavy atom. The number of phenols is 3. The van der Waals surface area contributed by atoms with Gasteiger partial charge in [0.2, 0.25) is 0 Å². The van der Waals surface area contributed by atoms with Crippen LogP contribution in [-0.4, -0.2) is 114 Å². The molecule has 9 N–H and O–H groups in total. The maximum absolute atomic E-state index is 13.1. The molecular weight excluding hydrogens is 536 g/mol. The van der Waals surface area contributed by atoms with Crippen molar-refractivity contribution in [2.24, 2.45) is 0 Å². The average molecular weight is 567 g/mol. The Labute approximate surface area is 226 Å². The molecule has 2 fully saturated rings. The second-order valence-electron chi connectivity index (χ2n) is 10.1. The summed E-state index contributed by atoms with van der Waals surface area (Å²) in [4.78, 5) is 13.1. The Balaban J connectivity index is 1.38. The highest BCUT2D eigenvalue weighted by Crippen LogP contribution is 2.49. The number of ether oxygens (including phenoxy) is 4. The van der Waals surface area contributed by atoms with E-state index >= 15 is 0 Å². The van der Waals surface area contributed by atoms with Gasteiger partial charge in [0.25, 0.3) is 0 Å². The van der Waals surface area contributed by atoms with Gasteiger partial charge in [-0.2, -0.15) is 0 Å². The molecule has 218 valence electrons. The zero-order chi connectivity index (χ0) is 28.9. The fraction of sp³-hybridized carbons (Fsp3) is 0.500. The molecule has 2 saturated heterocycles. The number of carbonyl (C=O) groups is 1. The average Bonchev–Trinajstić information content (AvgIpc) is 3.21. The van der Waals surface area contributed by atoms with E-state index in [1.807, 2.05) is 0 Å². The summed E-state index contributed by atoms with van der Waals surface area (Å²) in [6, 6.07) is 7.03. The van der Waals surface area contributed by atoms with Crippen molar-refractivity contribution < 1.29 is 69.7 Å². The lowest BCUT2D eigenvalue weighted by molar-refractivity contribution is -0.253. The van der Waals surface area contributed by atoms with E-state index in [9.17, 15) is 50.8 Å². The highest BCUT2D eigenvalue weighted by Gasteiger charge is 2.51. The van der Waals surface area contributed by atoms with Crippen LogP contribution in [0.1, 0.15) is 40.1 Å². The number of hydrogen-bond donors (Lipinski definition) is 9. The maximum atomic E-state index is 13.1. The number of rotatable bonds is 6. The van der Waals surface area contributed by atoms with Crippen LogP contribution in [0, 0.1) is 0 Å². The van der Waals surface area contributed by atoms with E-state index < -0.39 is 97.3 Å². The number of fused-ring (bicyclic) bond motifs is 1. The van der Waals surface area contributed by atoms with Gasteiger partial charge in [-0.3, -0.25) is 4.79 Å². The van der Waals surface area contributed by atoms with Crippen LogP contribution in [0.4, 0.5) is 0 Å². The second-order valence-corrected chi connectivity index (χ2v) is 10.1. The van der Waals surface area contributed by atoms with Crippen molar-refractivity contribution in [2.75, 3.05) is 19.8 Å². The van der Waals surface area contributed by atoms with Gasteiger partial charge in [-0.1, -0.05) is 12.1 Å². The van der Waals surface area contributed by atoms with E-state index in [4.69, 9.17) is 18.9 Å². The van der Waals surface area contributed by atoms with Crippen LogP contribution in [-0.2, 0) is 14.2 Å². The number of Topliss-reactive ketones (excluding diaryl/α,β-unsaturated/α-hetero) is 1. The molecule has 0 aromatic heterocycles. The molecule has 0 amide bonds. The van der Waals surface area contributed by atoms with Gasteiger partial charge >= 0.3 is 0 Å². The van der Waals surface area contributed by atoms with Gasteiger partial charge in [0.1, 0.15) is 76.9 Å². The van der Waals surface area contributed by atoms with Crippen LogP contribution in [0.25, 0.3) is 0 Å². The molecule has 0 unspecified atom stereocenters. The normalized spacial score (nSPS) is 35.8. The summed E-state index contributed by atoms with van der Waals surface area (Å²) >= 11 is 0. The molecular formula is C26H30O14. The van der Waals surface area contributed by atoms with Gasteiger partial charge in [-0.25, -0.2) is 0 Å². The third-order valence-corrected chi connectivity index (χ3v) is 7.47. The molecule has 0 radical (unpaired) electrons. The van der Waals surface area contributed by atoms with Gasteiger partial charge in [0.15, 0.2) is 12.1 Å². The third kappa shape index (κ3) is 4.87. The van der Waals surface area contributed by atoms with Gasteiger partial charge < -0.3 is 64.9 Å². The van der Waals surface area contributed by atoms with Crippen molar-refractivity contribution in [3.63, 3.8) is 0 Å². The maximum Gasteiger partial charge on any atom is 0.186 e. The second kappa shape index (κ2) is 10.7. The van der Waals surface area contributed by atoms with Crippen LogP contribution >= 0.6 is 0 Å². The molecule has 2 aromatic rings. The standard InChI is InChI=1S/C26H30O14/c27-8-26(36)9-38-25(24(26)35)37-7-16-19(31)21(33)22(34)23(40-16)18-13(30)6-15-17(20(18)32)12(29)5-14(39-15)10-1-3-11(28)4-2-10/h1-4,6,14,16,19,21-25,27-28,30-36H,5,7-9H2/t14-,16-,19-,21+,22-,23+,24+,25-,26-/m1/s1. The van der Waals surface area contributed by atoms with Crippen molar-refractivity contribution >= 4 is 5.78 Å². The lowest BCUT2D eigenvalue weighted by Crippen LogP contribution is -2.56. The summed E-state index contributed by atoms with van der Waals surface area (Å²) in [5.74, 6) is -2.05. The van der Waals surface area contributed by atoms with E-state index in [1.165, 1.54) is 12.1 Å². The first-order valence-corrected chi connectivity index (χ1v) is 12.5. The minimum atomic E-state index is -1.97. The SMILES string of the molecule is O=C1C[C@H](c2ccc(O)cc2)Oc2cc(O)c([C@@H]3O[C@H](CO[C@@H]4OC[C@](O)(CO)[C@H]4O)[C@@H](O)[C@H](O)[C@H]3O)c(O)c21. The molecule has 0 aliphatic carbocycles. The minimum Gasteiger partial charge on any atom is -0.508 e. The van der Waals surface area contributed by atoms with E-state index in [0.29, 0.717) is 5.56 Å². The van der Waals surface area contributed by atoms with E-state index in [-0.39, 0.29) is 23.5 Å². The smallest absolute Gasteiger partial charge is 0.186 e. The zero-order valence-corrected chi connectivity index (χ0v) is 20.9. The lowest BCUT2D eigenvalue weighted by Gasteiger charge is -2.41. The topological polar surface area (TPSA) is 236 Å². The predicted molar refractivity (Wildman–Crippen MR) is 130 cm³/mol. The Hall–Kier alpha value is -3.05. The summed E-state index contributed by atoms with van der Waals surface area (Å²) in [5, 5.41) is 92.6. The van der Waals surface area contributed by atoms with E-state index in [0.717, 1.165) is 6.07 Å². The predicted octanol–water partition coefficient (Wildman–Crippen LogP) is -1.51. The number of phenolic OH excluding ortho intramolecular Hbond substituents is 3. The van der Waals surface area contributed by atoms with Gasteiger partial charge in [-0.05, 0) is 17.7 Å². The summed E-state index contributed by atoms with van der Waals surface area (Å²) < 4.78 is 22.1. The fourth-order valence-electron chi connectivity index (χ4n) is 5.08. The zero-order valence-electron chi connectivity index (χ0n) is 20.9. The van der Waals surface area contributed by atoms with Crippen LogP contribution in [0.15, 0.2) is 30.3 Å². The van der Waals surface area contributed by atoms with Gasteiger partial charge in [-0.15, -0.1) is 0 Å². The molecule has 14 nitrogen and oxygen atoms in total. The quantitative estimate of drug-likeness (QED) is 0.193. The Bertz CT molecular complexity index is 1250. The number of hydrogen-bond acceptors (Lipinski definition) is 14. The molecule has 14 heteroatoms. The number of benzene rings is 2. The highest BCUT2D eigenvalue weighted by molar-refractivity contribution is 6.03. The third-order valence-electron chi connectivity index (χ3n) is 7.47. The molecule has 0 saturated carbocycles. The minimum absolute atomic E-state index is 0.0203. The first-order valence-electron chi connectivity index (χ1n) is 12.5. The number of aliphatic hydroxyl groups is 6. The first-order chi connectivity index (χ1) is 18.9. The monoisotopic (exact) mass is 566 g/mol. The summed E-state index contributed by atoms with van der Waals surface area (Å²) in [5.41, 5.74) is -2.11. The summed E-state index contributed by atoms with van der Waals surface area (Å²) in [6.45, 7) is -1.79. The molecule has 40 heavy (non-hydrogen) atoms. The molecule has 9 atom stereocenters. The van der Waals surface area contributed by atoms with Gasteiger partial charge in [0, 0.05) is 6.07 Å². The molecule has 3 aliphatic heterocycles. The first kappa shape index (κ1) is 28.5. The fourth-order valence-corrected chi connectivity index (χ4v) is 5.08. The number of aliphatic hydroxyl groups excluding tert-OH is 5. The molecule has 3 heterocycles. The highest BCUT2D eigenvalue weighted by atomic mass is 16.7. The van der Waals surface area contributed by atoms with E-state index in [1.54, 1.807) is 12.1 Å². The number of ketones is 1. The van der Waals surface area contributed by atoms with Crippen LogP contribution in [0.5, 0.6) is 23.0 Å². The number of carbonyl (C=O) groups excluding carboxylic acids is 1. The van der Waals surface area contributed by atoms with Crippen molar-refractivity contribution in [1.29, 1.82) is 0 Å². The Morgan fingerprint density at radius 1 is 1.00 bits per heavy atom. The van der Waals surface area contributed by atoms with Crippen LogP contribution in [0.3, 0.4) is 0 Å². The van der Waals surface area contributed by atoms with Crippen LogP contribution in [0.2, 0.25) is 0 Å². The summed E-state index contributed by atoms with van der Waals surface area (Å²) in [6.07, 6.45) is -12.5. The van der Waals surface area contributed by atoms with E-state index in [2.05, 4.69) is 0 Å². The summed E-state index contributed by atoms with van der Waals surface area (Å²) in [7, 11) is 0.